The number of hydrogen-bond acceptors (Lipinski definition) is 6. The topological polar surface area (TPSA) is 71.1 Å². The van der Waals surface area contributed by atoms with Gasteiger partial charge in [-0.15, -0.1) is 0 Å². The maximum Gasteiger partial charge on any atom is 0.329 e. The van der Waals surface area contributed by atoms with Crippen LogP contribution in [-0.2, 0) is 19.1 Å². The first-order chi connectivity index (χ1) is 10.1. The van der Waals surface area contributed by atoms with Crippen LogP contribution in [-0.4, -0.2) is 86.8 Å². The number of carbonyl (C=O) groups is 2. The summed E-state index contributed by atoms with van der Waals surface area (Å²) in [6.45, 7) is 7.33. The molecule has 0 aromatic rings. The van der Waals surface area contributed by atoms with Crippen LogP contribution < -0.4 is 5.32 Å². The predicted octanol–water partition coefficient (Wildman–Crippen LogP) is -0.929. The van der Waals surface area contributed by atoms with Crippen molar-refractivity contribution in [1.82, 2.24) is 15.1 Å². The fourth-order valence-electron chi connectivity index (χ4n) is 3.04. The second-order valence-corrected chi connectivity index (χ2v) is 5.63. The maximum absolute atomic E-state index is 11.7. The van der Waals surface area contributed by atoms with E-state index in [1.54, 1.807) is 0 Å². The second-order valence-electron chi connectivity index (χ2n) is 5.63. The van der Waals surface area contributed by atoms with Gasteiger partial charge in [-0.2, -0.15) is 0 Å². The van der Waals surface area contributed by atoms with Gasteiger partial charge in [-0.3, -0.25) is 14.6 Å². The molecule has 0 aliphatic carbocycles. The summed E-state index contributed by atoms with van der Waals surface area (Å²) < 4.78 is 10.1. The Morgan fingerprint density at radius 3 is 2.67 bits per heavy atom. The third kappa shape index (κ3) is 4.66. The fraction of sp³-hybridized carbons (Fsp3) is 0.857. The molecule has 7 heteroatoms. The Labute approximate surface area is 125 Å². The zero-order chi connectivity index (χ0) is 15.2. The third-order valence-corrected chi connectivity index (χ3v) is 4.11. The molecule has 1 N–H and O–H groups in total. The van der Waals surface area contributed by atoms with Crippen LogP contribution >= 0.6 is 0 Å². The van der Waals surface area contributed by atoms with Crippen LogP contribution in [0.3, 0.4) is 0 Å². The number of carbonyl (C=O) groups excluding carboxylic acids is 2. The van der Waals surface area contributed by atoms with Crippen LogP contribution in [0, 0.1) is 0 Å². The van der Waals surface area contributed by atoms with Crippen LogP contribution in [0.1, 0.15) is 13.3 Å². The highest BCUT2D eigenvalue weighted by Gasteiger charge is 2.31. The van der Waals surface area contributed by atoms with Crippen molar-refractivity contribution in [3.8, 4) is 0 Å². The molecule has 0 saturated carbocycles. The fourth-order valence-corrected chi connectivity index (χ4v) is 3.04. The van der Waals surface area contributed by atoms with E-state index in [4.69, 9.17) is 9.47 Å². The smallest absolute Gasteiger partial charge is 0.329 e. The summed E-state index contributed by atoms with van der Waals surface area (Å²) in [5.74, 6) is -0.602. The number of rotatable bonds is 5. The van der Waals surface area contributed by atoms with E-state index in [1.165, 1.54) is 14.0 Å². The number of nitrogens with zero attached hydrogens (tertiary/aromatic N) is 2. The van der Waals surface area contributed by atoms with Gasteiger partial charge < -0.3 is 14.8 Å². The molecule has 120 valence electrons. The van der Waals surface area contributed by atoms with Crippen LogP contribution in [0.15, 0.2) is 0 Å². The molecule has 2 unspecified atom stereocenters. The van der Waals surface area contributed by atoms with Gasteiger partial charge in [0.2, 0.25) is 5.91 Å². The molecular weight excluding hydrogens is 274 g/mol. The van der Waals surface area contributed by atoms with Crippen molar-refractivity contribution in [2.24, 2.45) is 0 Å². The third-order valence-electron chi connectivity index (χ3n) is 4.11. The Morgan fingerprint density at radius 2 is 2.05 bits per heavy atom. The first kappa shape index (κ1) is 16.2. The Kier molecular flexibility index (Phi) is 5.96. The molecule has 2 fully saturated rings. The molecule has 0 aromatic carbocycles. The van der Waals surface area contributed by atoms with Crippen LogP contribution in [0.25, 0.3) is 0 Å². The average molecular weight is 299 g/mol. The lowest BCUT2D eigenvalue weighted by Gasteiger charge is -2.32. The van der Waals surface area contributed by atoms with Gasteiger partial charge in [-0.25, -0.2) is 4.79 Å². The first-order valence-corrected chi connectivity index (χ1v) is 7.49. The first-order valence-electron chi connectivity index (χ1n) is 7.49. The number of amides is 1. The van der Waals surface area contributed by atoms with E-state index in [9.17, 15) is 9.59 Å². The van der Waals surface area contributed by atoms with Crippen molar-refractivity contribution in [3.63, 3.8) is 0 Å². The zero-order valence-corrected chi connectivity index (χ0v) is 12.8. The molecule has 2 rings (SSSR count). The molecule has 2 saturated heterocycles. The van der Waals surface area contributed by atoms with E-state index < -0.39 is 6.04 Å². The highest BCUT2D eigenvalue weighted by atomic mass is 16.5. The number of hydrogen-bond donors (Lipinski definition) is 1. The van der Waals surface area contributed by atoms with Gasteiger partial charge in [-0.05, 0) is 13.0 Å². The van der Waals surface area contributed by atoms with E-state index >= 15 is 0 Å². The molecule has 21 heavy (non-hydrogen) atoms. The normalized spacial score (nSPS) is 25.5. The summed E-state index contributed by atoms with van der Waals surface area (Å²) in [7, 11) is 1.34. The number of ether oxygens (including phenoxy) is 2. The Hall–Kier alpha value is -1.18. The highest BCUT2D eigenvalue weighted by molar-refractivity contribution is 5.83. The van der Waals surface area contributed by atoms with E-state index in [1.807, 2.05) is 0 Å². The van der Waals surface area contributed by atoms with Gasteiger partial charge in [-0.1, -0.05) is 0 Å². The van der Waals surface area contributed by atoms with Crippen molar-refractivity contribution in [2.75, 3.05) is 53.0 Å². The molecule has 0 bridgehead atoms. The largest absolute Gasteiger partial charge is 0.467 e. The van der Waals surface area contributed by atoms with Crippen molar-refractivity contribution < 1.29 is 19.1 Å². The van der Waals surface area contributed by atoms with Gasteiger partial charge >= 0.3 is 5.97 Å². The van der Waals surface area contributed by atoms with Crippen molar-refractivity contribution in [3.05, 3.63) is 0 Å². The molecule has 0 spiro atoms. The van der Waals surface area contributed by atoms with Crippen molar-refractivity contribution >= 4 is 11.9 Å². The monoisotopic (exact) mass is 299 g/mol. The molecule has 1 amide bonds. The van der Waals surface area contributed by atoms with Crippen molar-refractivity contribution in [1.29, 1.82) is 0 Å². The predicted molar refractivity (Wildman–Crippen MR) is 76.9 cm³/mol. The van der Waals surface area contributed by atoms with Crippen LogP contribution in [0.4, 0.5) is 0 Å². The molecule has 2 heterocycles. The van der Waals surface area contributed by atoms with Crippen molar-refractivity contribution in [2.45, 2.75) is 25.4 Å². The summed E-state index contributed by atoms with van der Waals surface area (Å²) in [6.07, 6.45) is 1.09. The number of esters is 1. The van der Waals surface area contributed by atoms with Crippen LogP contribution in [0.2, 0.25) is 0 Å². The number of morpholine rings is 1. The highest BCUT2D eigenvalue weighted by Crippen LogP contribution is 2.17. The molecule has 0 radical (unpaired) electrons. The lowest BCUT2D eigenvalue weighted by atomic mass is 10.2. The standard InChI is InChI=1S/C14H25N3O4/c1-11(18)15-13(14(19)20-2)10-16-4-3-12(9-16)17-5-7-21-8-6-17/h12-13H,3-10H2,1-2H3,(H,15,18). The van der Waals surface area contributed by atoms with Gasteiger partial charge in [0.15, 0.2) is 0 Å². The Morgan fingerprint density at radius 1 is 1.33 bits per heavy atom. The molecule has 2 aliphatic heterocycles. The van der Waals surface area contributed by atoms with Crippen LogP contribution in [0.5, 0.6) is 0 Å². The quantitative estimate of drug-likeness (QED) is 0.662. The van der Waals surface area contributed by atoms with Gasteiger partial charge in [0.25, 0.3) is 0 Å². The lowest BCUT2D eigenvalue weighted by Crippen LogP contribution is -2.49. The number of nitrogens with one attached hydrogen (secondary N) is 1. The van der Waals surface area contributed by atoms with Gasteiger partial charge in [0.1, 0.15) is 6.04 Å². The molecule has 2 aliphatic rings. The SMILES string of the molecule is COC(=O)C(CN1CCC(N2CCOCC2)C1)NC(C)=O. The minimum absolute atomic E-state index is 0.214. The van der Waals surface area contributed by atoms with E-state index in [0.29, 0.717) is 12.6 Å². The molecule has 2 atom stereocenters. The Balaban J connectivity index is 1.84. The zero-order valence-electron chi connectivity index (χ0n) is 12.8. The lowest BCUT2D eigenvalue weighted by molar-refractivity contribution is -0.145. The minimum Gasteiger partial charge on any atom is -0.467 e. The summed E-state index contributed by atoms with van der Waals surface area (Å²) in [5.41, 5.74) is 0. The summed E-state index contributed by atoms with van der Waals surface area (Å²) >= 11 is 0. The number of likely N-dealkylation sites (tertiary alicyclic amines) is 1. The minimum atomic E-state index is -0.587. The Bertz CT molecular complexity index is 371. The average Bonchev–Trinajstić information content (AvgIpc) is 2.95. The molecule has 7 nitrogen and oxygen atoms in total. The maximum atomic E-state index is 11.7. The summed E-state index contributed by atoms with van der Waals surface area (Å²) in [6, 6.07) is -0.0690. The van der Waals surface area contributed by atoms with Gasteiger partial charge in [0, 0.05) is 39.1 Å². The second kappa shape index (κ2) is 7.72. The van der Waals surface area contributed by atoms with E-state index in [-0.39, 0.29) is 11.9 Å². The van der Waals surface area contributed by atoms with E-state index in [0.717, 1.165) is 45.8 Å². The summed E-state index contributed by atoms with van der Waals surface area (Å²) in [4.78, 5) is 27.6. The van der Waals surface area contributed by atoms with Gasteiger partial charge in [0.05, 0.1) is 20.3 Å². The van der Waals surface area contributed by atoms with E-state index in [2.05, 4.69) is 15.1 Å². The molecule has 0 aromatic heterocycles. The summed E-state index contributed by atoms with van der Waals surface area (Å²) in [5, 5.41) is 2.66. The molecular formula is C14H25N3O4. The number of methoxy groups -OCH3 is 1.